The van der Waals surface area contributed by atoms with Crippen LogP contribution in [-0.2, 0) is 9.53 Å². The summed E-state index contributed by atoms with van der Waals surface area (Å²) >= 11 is 0. The first-order valence-electron chi connectivity index (χ1n) is 4.29. The normalized spacial score (nSPS) is 35.3. The Kier molecular flexibility index (Phi) is 2.69. The van der Waals surface area contributed by atoms with Gasteiger partial charge in [-0.1, -0.05) is 0 Å². The van der Waals surface area contributed by atoms with Crippen LogP contribution in [0.15, 0.2) is 0 Å². The second-order valence-corrected chi connectivity index (χ2v) is 3.34. The van der Waals surface area contributed by atoms with E-state index in [-0.39, 0.29) is 6.10 Å². The highest BCUT2D eigenvalue weighted by Gasteiger charge is 2.40. The van der Waals surface area contributed by atoms with E-state index in [0.717, 1.165) is 6.42 Å². The van der Waals surface area contributed by atoms with Crippen molar-refractivity contribution in [3.63, 3.8) is 0 Å². The fourth-order valence-corrected chi connectivity index (χ4v) is 1.63. The maximum atomic E-state index is 10.9. The van der Waals surface area contributed by atoms with Crippen LogP contribution in [0.3, 0.4) is 0 Å². The summed E-state index contributed by atoms with van der Waals surface area (Å²) in [4.78, 5) is 10.9. The van der Waals surface area contributed by atoms with Gasteiger partial charge in [0.1, 0.15) is 0 Å². The Balaban J connectivity index is 2.49. The average Bonchev–Trinajstić information content (AvgIpc) is 2.34. The molecule has 1 aliphatic rings. The Labute approximate surface area is 72.2 Å². The summed E-state index contributed by atoms with van der Waals surface area (Å²) in [5, 5.41) is 0. The van der Waals surface area contributed by atoms with Gasteiger partial charge in [0.15, 0.2) is 0 Å². The van der Waals surface area contributed by atoms with Crippen molar-refractivity contribution in [2.24, 2.45) is 11.5 Å². The summed E-state index contributed by atoms with van der Waals surface area (Å²) in [5.74, 6) is -0.412. The van der Waals surface area contributed by atoms with Crippen LogP contribution in [0.1, 0.15) is 26.2 Å². The molecule has 1 aliphatic carbocycles. The molecule has 12 heavy (non-hydrogen) atoms. The molecule has 0 saturated heterocycles. The zero-order valence-electron chi connectivity index (χ0n) is 7.38. The third kappa shape index (κ3) is 1.76. The lowest BCUT2D eigenvalue weighted by Gasteiger charge is -2.19. The Morgan fingerprint density at radius 3 is 2.83 bits per heavy atom. The molecule has 2 atom stereocenters. The van der Waals surface area contributed by atoms with E-state index in [9.17, 15) is 4.79 Å². The zero-order chi connectivity index (χ0) is 9.19. The molecule has 1 rings (SSSR count). The molecule has 0 aromatic heterocycles. The fourth-order valence-electron chi connectivity index (χ4n) is 1.63. The Morgan fingerprint density at radius 2 is 2.42 bits per heavy atom. The van der Waals surface area contributed by atoms with Crippen LogP contribution in [0.4, 0.5) is 0 Å². The highest BCUT2D eigenvalue weighted by molar-refractivity contribution is 5.84. The lowest BCUT2D eigenvalue weighted by molar-refractivity contribution is -0.123. The molecule has 70 valence electrons. The second-order valence-electron chi connectivity index (χ2n) is 3.34. The third-order valence-corrected chi connectivity index (χ3v) is 2.40. The van der Waals surface area contributed by atoms with Crippen LogP contribution < -0.4 is 11.5 Å². The number of rotatable bonds is 3. The molecule has 0 aromatic rings. The van der Waals surface area contributed by atoms with E-state index in [1.807, 2.05) is 6.92 Å². The first-order chi connectivity index (χ1) is 5.58. The molecule has 0 heterocycles. The molecular formula is C8H16N2O2. The van der Waals surface area contributed by atoms with Gasteiger partial charge in [0, 0.05) is 13.0 Å². The molecule has 1 fully saturated rings. The van der Waals surface area contributed by atoms with E-state index in [4.69, 9.17) is 16.2 Å². The van der Waals surface area contributed by atoms with Gasteiger partial charge in [-0.25, -0.2) is 0 Å². The van der Waals surface area contributed by atoms with Gasteiger partial charge in [0.2, 0.25) is 5.91 Å². The van der Waals surface area contributed by atoms with Gasteiger partial charge in [0.05, 0.1) is 11.6 Å². The van der Waals surface area contributed by atoms with E-state index in [1.165, 1.54) is 0 Å². The van der Waals surface area contributed by atoms with Gasteiger partial charge in [-0.2, -0.15) is 0 Å². The topological polar surface area (TPSA) is 78.3 Å². The van der Waals surface area contributed by atoms with Crippen molar-refractivity contribution >= 4 is 5.91 Å². The summed E-state index contributed by atoms with van der Waals surface area (Å²) < 4.78 is 5.36. The molecule has 4 heteroatoms. The predicted molar refractivity (Wildman–Crippen MR) is 45.4 cm³/mol. The van der Waals surface area contributed by atoms with E-state index >= 15 is 0 Å². The number of amides is 1. The molecule has 0 aliphatic heterocycles. The minimum absolute atomic E-state index is 0.118. The summed E-state index contributed by atoms with van der Waals surface area (Å²) in [6.07, 6.45) is 2.17. The number of carbonyl (C=O) groups is 1. The van der Waals surface area contributed by atoms with E-state index in [1.54, 1.807) is 0 Å². The van der Waals surface area contributed by atoms with Gasteiger partial charge >= 0.3 is 0 Å². The largest absolute Gasteiger partial charge is 0.378 e. The minimum Gasteiger partial charge on any atom is -0.378 e. The van der Waals surface area contributed by atoms with E-state index < -0.39 is 11.4 Å². The van der Waals surface area contributed by atoms with Crippen LogP contribution in [-0.4, -0.2) is 24.2 Å². The lowest BCUT2D eigenvalue weighted by atomic mass is 9.99. The summed E-state index contributed by atoms with van der Waals surface area (Å²) in [7, 11) is 0. The highest BCUT2D eigenvalue weighted by atomic mass is 16.5. The van der Waals surface area contributed by atoms with Crippen molar-refractivity contribution in [1.29, 1.82) is 0 Å². The minimum atomic E-state index is -0.820. The SMILES string of the molecule is CCOC1CCC(N)(C(N)=O)C1. The molecule has 0 spiro atoms. The standard InChI is InChI=1S/C8H16N2O2/c1-2-12-6-3-4-8(10,5-6)7(9)11/h6H,2-5,10H2,1H3,(H2,9,11). The average molecular weight is 172 g/mol. The van der Waals surface area contributed by atoms with Crippen LogP contribution in [0.5, 0.6) is 0 Å². The number of nitrogens with two attached hydrogens (primary N) is 2. The molecule has 0 radical (unpaired) electrons. The molecular weight excluding hydrogens is 156 g/mol. The van der Waals surface area contributed by atoms with Crippen LogP contribution in [0.2, 0.25) is 0 Å². The fraction of sp³-hybridized carbons (Fsp3) is 0.875. The highest BCUT2D eigenvalue weighted by Crippen LogP contribution is 2.29. The van der Waals surface area contributed by atoms with Gasteiger partial charge < -0.3 is 16.2 Å². The summed E-state index contributed by atoms with van der Waals surface area (Å²) in [6.45, 7) is 2.60. The van der Waals surface area contributed by atoms with Crippen LogP contribution >= 0.6 is 0 Å². The van der Waals surface area contributed by atoms with Crippen molar-refractivity contribution in [3.05, 3.63) is 0 Å². The number of ether oxygens (including phenoxy) is 1. The smallest absolute Gasteiger partial charge is 0.237 e. The van der Waals surface area contributed by atoms with Crippen LogP contribution in [0.25, 0.3) is 0 Å². The summed E-state index contributed by atoms with van der Waals surface area (Å²) in [5.41, 5.74) is 10.1. The maximum Gasteiger partial charge on any atom is 0.237 e. The Bertz CT molecular complexity index is 184. The Morgan fingerprint density at radius 1 is 1.75 bits per heavy atom. The zero-order valence-corrected chi connectivity index (χ0v) is 7.38. The summed E-state index contributed by atoms with van der Waals surface area (Å²) in [6, 6.07) is 0. The van der Waals surface area contributed by atoms with Crippen molar-refractivity contribution in [2.75, 3.05) is 6.61 Å². The van der Waals surface area contributed by atoms with Gasteiger partial charge in [0.25, 0.3) is 0 Å². The molecule has 1 amide bonds. The van der Waals surface area contributed by atoms with Gasteiger partial charge in [-0.15, -0.1) is 0 Å². The van der Waals surface area contributed by atoms with E-state index in [2.05, 4.69) is 0 Å². The Hall–Kier alpha value is -0.610. The van der Waals surface area contributed by atoms with E-state index in [0.29, 0.717) is 19.4 Å². The first kappa shape index (κ1) is 9.48. The molecule has 1 saturated carbocycles. The maximum absolute atomic E-state index is 10.9. The monoisotopic (exact) mass is 172 g/mol. The molecule has 4 nitrogen and oxygen atoms in total. The van der Waals surface area contributed by atoms with Crippen molar-refractivity contribution in [3.8, 4) is 0 Å². The van der Waals surface area contributed by atoms with Crippen molar-refractivity contribution in [1.82, 2.24) is 0 Å². The molecule has 2 unspecified atom stereocenters. The second kappa shape index (κ2) is 3.41. The van der Waals surface area contributed by atoms with Crippen molar-refractivity contribution < 1.29 is 9.53 Å². The van der Waals surface area contributed by atoms with Gasteiger partial charge in [-0.3, -0.25) is 4.79 Å². The predicted octanol–water partition coefficient (Wildman–Crippen LogP) is -0.242. The first-order valence-corrected chi connectivity index (χ1v) is 4.29. The molecule has 0 aromatic carbocycles. The molecule has 4 N–H and O–H groups in total. The quantitative estimate of drug-likeness (QED) is 0.616. The number of primary amides is 1. The number of hydrogen-bond donors (Lipinski definition) is 2. The molecule has 0 bridgehead atoms. The van der Waals surface area contributed by atoms with Gasteiger partial charge in [-0.05, 0) is 19.8 Å². The van der Waals surface area contributed by atoms with Crippen molar-refractivity contribution in [2.45, 2.75) is 37.8 Å². The number of carbonyl (C=O) groups excluding carboxylic acids is 1. The third-order valence-electron chi connectivity index (χ3n) is 2.40. The number of hydrogen-bond acceptors (Lipinski definition) is 3. The lowest BCUT2D eigenvalue weighted by Crippen LogP contribution is -2.50. The van der Waals surface area contributed by atoms with Crippen LogP contribution in [0, 0.1) is 0 Å².